The number of amides is 1. The predicted molar refractivity (Wildman–Crippen MR) is 91.4 cm³/mol. The summed E-state index contributed by atoms with van der Waals surface area (Å²) in [5, 5.41) is 4.34. The molecule has 0 saturated carbocycles. The normalized spacial score (nSPS) is 12.1. The number of hydrogen-bond acceptors (Lipinski definition) is 3. The van der Waals surface area contributed by atoms with E-state index in [4.69, 9.17) is 4.42 Å². The molecular formula is C19H21N3O2. The molecule has 1 aromatic carbocycles. The second-order valence-electron chi connectivity index (χ2n) is 5.95. The molecule has 3 rings (SSSR count). The fourth-order valence-electron chi connectivity index (χ4n) is 2.69. The molecule has 3 aromatic rings. The quantitative estimate of drug-likeness (QED) is 0.719. The summed E-state index contributed by atoms with van der Waals surface area (Å²) in [4.78, 5) is 14.9. The molecule has 0 unspecified atom stereocenters. The summed E-state index contributed by atoms with van der Waals surface area (Å²) in [6, 6.07) is 13.6. The van der Waals surface area contributed by atoms with Crippen molar-refractivity contribution in [3.8, 4) is 0 Å². The first kappa shape index (κ1) is 16.1. The summed E-state index contributed by atoms with van der Waals surface area (Å²) in [7, 11) is 1.84. The first-order chi connectivity index (χ1) is 11.6. The average molecular weight is 323 g/mol. The van der Waals surface area contributed by atoms with Gasteiger partial charge in [0.1, 0.15) is 0 Å². The molecule has 1 amide bonds. The number of benzene rings is 1. The number of hydrogen-bond donors (Lipinski definition) is 0. The Morgan fingerprint density at radius 1 is 1.29 bits per heavy atom. The Morgan fingerprint density at radius 3 is 2.62 bits per heavy atom. The Kier molecular flexibility index (Phi) is 4.51. The van der Waals surface area contributed by atoms with Gasteiger partial charge in [0.25, 0.3) is 5.91 Å². The minimum atomic E-state index is -0.0868. The standard InChI is InChI=1S/C19H21N3O2/c1-14-11-18(20-21(14)3)19(23)22(12-16-9-10-24-13-16)15(2)17-7-5-4-6-8-17/h4-11,13,15H,12H2,1-3H3/t15-/m0/s1. The van der Waals surface area contributed by atoms with Crippen LogP contribution in [0.5, 0.6) is 0 Å². The molecular weight excluding hydrogens is 302 g/mol. The molecule has 1 atom stereocenters. The van der Waals surface area contributed by atoms with E-state index in [0.29, 0.717) is 12.2 Å². The van der Waals surface area contributed by atoms with Crippen LogP contribution in [0.3, 0.4) is 0 Å². The highest BCUT2D eigenvalue weighted by Crippen LogP contribution is 2.24. The van der Waals surface area contributed by atoms with Crippen LogP contribution in [0.1, 0.15) is 40.3 Å². The highest BCUT2D eigenvalue weighted by molar-refractivity contribution is 5.92. The van der Waals surface area contributed by atoms with Crippen molar-refractivity contribution in [3.63, 3.8) is 0 Å². The van der Waals surface area contributed by atoms with E-state index in [-0.39, 0.29) is 11.9 Å². The maximum absolute atomic E-state index is 13.1. The lowest BCUT2D eigenvalue weighted by Gasteiger charge is -2.28. The second-order valence-corrected chi connectivity index (χ2v) is 5.95. The van der Waals surface area contributed by atoms with E-state index < -0.39 is 0 Å². The van der Waals surface area contributed by atoms with Crippen molar-refractivity contribution in [2.24, 2.45) is 7.05 Å². The third-order valence-electron chi connectivity index (χ3n) is 4.28. The number of carbonyl (C=O) groups excluding carboxylic acids is 1. The van der Waals surface area contributed by atoms with Crippen LogP contribution in [0.25, 0.3) is 0 Å². The van der Waals surface area contributed by atoms with E-state index in [1.807, 2.05) is 68.3 Å². The zero-order chi connectivity index (χ0) is 17.1. The highest BCUT2D eigenvalue weighted by Gasteiger charge is 2.25. The van der Waals surface area contributed by atoms with Crippen LogP contribution in [0.4, 0.5) is 0 Å². The largest absolute Gasteiger partial charge is 0.472 e. The lowest BCUT2D eigenvalue weighted by molar-refractivity contribution is 0.0667. The molecule has 0 spiro atoms. The van der Waals surface area contributed by atoms with Gasteiger partial charge in [0.05, 0.1) is 18.6 Å². The number of aromatic nitrogens is 2. The molecule has 5 heteroatoms. The molecule has 0 N–H and O–H groups in total. The Bertz CT molecular complexity index is 787. The number of aryl methyl sites for hydroxylation is 2. The van der Waals surface area contributed by atoms with Crippen molar-refractivity contribution in [3.05, 3.63) is 77.5 Å². The lowest BCUT2D eigenvalue weighted by Crippen LogP contribution is -2.33. The van der Waals surface area contributed by atoms with Gasteiger partial charge in [-0.25, -0.2) is 0 Å². The summed E-state index contributed by atoms with van der Waals surface area (Å²) in [5.74, 6) is -0.0868. The van der Waals surface area contributed by atoms with Crippen molar-refractivity contribution in [2.75, 3.05) is 0 Å². The van der Waals surface area contributed by atoms with E-state index in [1.165, 1.54) is 0 Å². The van der Waals surface area contributed by atoms with Crippen LogP contribution in [0.15, 0.2) is 59.4 Å². The van der Waals surface area contributed by atoms with E-state index in [0.717, 1.165) is 16.8 Å². The van der Waals surface area contributed by atoms with E-state index in [2.05, 4.69) is 5.10 Å². The average Bonchev–Trinajstić information content (AvgIpc) is 3.22. The SMILES string of the molecule is Cc1cc(C(=O)N(Cc2ccoc2)[C@@H](C)c2ccccc2)nn1C. The Hall–Kier alpha value is -2.82. The second kappa shape index (κ2) is 6.74. The van der Waals surface area contributed by atoms with E-state index >= 15 is 0 Å². The lowest BCUT2D eigenvalue weighted by atomic mass is 10.1. The molecule has 0 fully saturated rings. The van der Waals surface area contributed by atoms with Crippen LogP contribution in [-0.2, 0) is 13.6 Å². The summed E-state index contributed by atoms with van der Waals surface area (Å²) in [6.45, 7) is 4.44. The number of nitrogens with zero attached hydrogens (tertiary/aromatic N) is 3. The monoisotopic (exact) mass is 323 g/mol. The Balaban J connectivity index is 1.93. The fraction of sp³-hybridized carbons (Fsp3) is 0.263. The van der Waals surface area contributed by atoms with Crippen LogP contribution in [-0.4, -0.2) is 20.6 Å². The molecule has 0 aliphatic rings. The van der Waals surface area contributed by atoms with E-state index in [1.54, 1.807) is 17.2 Å². The topological polar surface area (TPSA) is 51.3 Å². The van der Waals surface area contributed by atoms with Gasteiger partial charge in [-0.1, -0.05) is 30.3 Å². The Morgan fingerprint density at radius 2 is 2.04 bits per heavy atom. The van der Waals surface area contributed by atoms with Gasteiger partial charge in [-0.05, 0) is 31.5 Å². The molecule has 0 aliphatic carbocycles. The maximum Gasteiger partial charge on any atom is 0.275 e. The van der Waals surface area contributed by atoms with Crippen molar-refractivity contribution >= 4 is 5.91 Å². The van der Waals surface area contributed by atoms with Gasteiger partial charge in [-0.3, -0.25) is 9.48 Å². The van der Waals surface area contributed by atoms with Crippen molar-refractivity contribution in [2.45, 2.75) is 26.4 Å². The molecule has 5 nitrogen and oxygen atoms in total. The summed E-state index contributed by atoms with van der Waals surface area (Å²) >= 11 is 0. The predicted octanol–water partition coefficient (Wildman–Crippen LogP) is 3.73. The zero-order valence-electron chi connectivity index (χ0n) is 14.1. The van der Waals surface area contributed by atoms with Gasteiger partial charge in [0.2, 0.25) is 0 Å². The van der Waals surface area contributed by atoms with Crippen molar-refractivity contribution in [1.29, 1.82) is 0 Å². The van der Waals surface area contributed by atoms with Gasteiger partial charge in [0.15, 0.2) is 5.69 Å². The first-order valence-electron chi connectivity index (χ1n) is 7.94. The van der Waals surface area contributed by atoms with Gasteiger partial charge in [-0.2, -0.15) is 5.10 Å². The summed E-state index contributed by atoms with van der Waals surface area (Å²) in [5.41, 5.74) is 3.45. The molecule has 2 aromatic heterocycles. The van der Waals surface area contributed by atoms with Gasteiger partial charge < -0.3 is 9.32 Å². The van der Waals surface area contributed by atoms with Crippen LogP contribution < -0.4 is 0 Å². The van der Waals surface area contributed by atoms with Crippen LogP contribution >= 0.6 is 0 Å². The number of furan rings is 1. The van der Waals surface area contributed by atoms with Crippen LogP contribution in [0.2, 0.25) is 0 Å². The Labute approximate surface area is 141 Å². The number of rotatable bonds is 5. The van der Waals surface area contributed by atoms with Crippen molar-refractivity contribution in [1.82, 2.24) is 14.7 Å². The van der Waals surface area contributed by atoms with Crippen LogP contribution in [0, 0.1) is 6.92 Å². The highest BCUT2D eigenvalue weighted by atomic mass is 16.3. The minimum Gasteiger partial charge on any atom is -0.472 e. The third-order valence-corrected chi connectivity index (χ3v) is 4.28. The molecule has 0 saturated heterocycles. The van der Waals surface area contributed by atoms with E-state index in [9.17, 15) is 4.79 Å². The minimum absolute atomic E-state index is 0.0732. The maximum atomic E-state index is 13.1. The van der Waals surface area contributed by atoms with Gasteiger partial charge in [-0.15, -0.1) is 0 Å². The number of carbonyl (C=O) groups is 1. The smallest absolute Gasteiger partial charge is 0.275 e. The van der Waals surface area contributed by atoms with Gasteiger partial charge >= 0.3 is 0 Å². The van der Waals surface area contributed by atoms with Gasteiger partial charge in [0, 0.05) is 24.8 Å². The summed E-state index contributed by atoms with van der Waals surface area (Å²) < 4.78 is 6.87. The third kappa shape index (κ3) is 3.25. The molecule has 2 heterocycles. The molecule has 24 heavy (non-hydrogen) atoms. The zero-order valence-corrected chi connectivity index (χ0v) is 14.1. The molecule has 0 bridgehead atoms. The fourth-order valence-corrected chi connectivity index (χ4v) is 2.69. The first-order valence-corrected chi connectivity index (χ1v) is 7.94. The molecule has 0 aliphatic heterocycles. The molecule has 124 valence electrons. The summed E-state index contributed by atoms with van der Waals surface area (Å²) in [6.07, 6.45) is 3.29. The molecule has 0 radical (unpaired) electrons. The van der Waals surface area contributed by atoms with Crippen molar-refractivity contribution < 1.29 is 9.21 Å².